The fourth-order valence-electron chi connectivity index (χ4n) is 10.3. The molecule has 0 amide bonds. The Morgan fingerprint density at radius 2 is 0.651 bits per heavy atom. The van der Waals surface area contributed by atoms with E-state index in [4.69, 9.17) is 18.9 Å². The van der Waals surface area contributed by atoms with E-state index < -0.39 is 18.4 Å². The molecule has 9 heteroatoms. The van der Waals surface area contributed by atoms with Crippen molar-refractivity contribution in [2.24, 2.45) is 0 Å². The number of allylic oxidation sites excluding steroid dienone is 10. The van der Waals surface area contributed by atoms with Crippen LogP contribution in [0.25, 0.3) is 0 Å². The highest BCUT2D eigenvalue weighted by molar-refractivity contribution is 5.71. The van der Waals surface area contributed by atoms with Crippen molar-refractivity contribution in [1.29, 1.82) is 0 Å². The normalized spacial score (nSPS) is 13.0. The second kappa shape index (κ2) is 65.0. The number of unbranched alkanes of at least 4 members (excludes halogenated alkanes) is 41. The highest BCUT2D eigenvalue weighted by Crippen LogP contribution is 2.18. The monoisotopic (exact) mass is 1170 g/mol. The molecule has 83 heavy (non-hydrogen) atoms. The number of carboxylic acid groups (broad SMARTS) is 1. The van der Waals surface area contributed by atoms with E-state index in [9.17, 15) is 19.5 Å². The largest absolute Gasteiger partial charge is 0.477 e. The Balaban J connectivity index is 4.08. The molecule has 0 aromatic carbocycles. The fourth-order valence-corrected chi connectivity index (χ4v) is 10.3. The highest BCUT2D eigenvalue weighted by Gasteiger charge is 2.25. The minimum Gasteiger partial charge on any atom is -0.477 e. The zero-order valence-electron chi connectivity index (χ0n) is 55.4. The number of hydrogen-bond acceptors (Lipinski definition) is 7. The molecule has 2 atom stereocenters. The van der Waals surface area contributed by atoms with E-state index in [2.05, 4.69) is 74.6 Å². The van der Waals surface area contributed by atoms with Crippen molar-refractivity contribution in [3.05, 3.63) is 60.8 Å². The van der Waals surface area contributed by atoms with Crippen molar-refractivity contribution < 1.29 is 42.9 Å². The van der Waals surface area contributed by atoms with Crippen molar-refractivity contribution in [2.75, 3.05) is 47.5 Å². The summed E-state index contributed by atoms with van der Waals surface area (Å²) in [6.07, 6.45) is 81.9. The minimum atomic E-state index is -1.51. The molecule has 0 fully saturated rings. The summed E-state index contributed by atoms with van der Waals surface area (Å²) >= 11 is 0. The Morgan fingerprint density at radius 3 is 0.964 bits per heavy atom. The van der Waals surface area contributed by atoms with Crippen molar-refractivity contribution >= 4 is 17.9 Å². The van der Waals surface area contributed by atoms with Crippen LogP contribution in [0.15, 0.2) is 60.8 Å². The molecule has 0 bridgehead atoms. The third kappa shape index (κ3) is 66.4. The number of carbonyl (C=O) groups excluding carboxylic acids is 2. The van der Waals surface area contributed by atoms with Gasteiger partial charge in [0.2, 0.25) is 0 Å². The van der Waals surface area contributed by atoms with Gasteiger partial charge < -0.3 is 28.5 Å². The van der Waals surface area contributed by atoms with Crippen LogP contribution in [0.1, 0.15) is 335 Å². The Hall–Kier alpha value is -3.01. The zero-order valence-corrected chi connectivity index (χ0v) is 55.4. The van der Waals surface area contributed by atoms with Crippen molar-refractivity contribution in [3.8, 4) is 0 Å². The molecule has 0 aliphatic rings. The van der Waals surface area contributed by atoms with Crippen LogP contribution in [0.2, 0.25) is 0 Å². The van der Waals surface area contributed by atoms with E-state index in [0.29, 0.717) is 17.4 Å². The molecule has 9 nitrogen and oxygen atoms in total. The molecule has 0 saturated carbocycles. The van der Waals surface area contributed by atoms with Gasteiger partial charge in [-0.05, 0) is 83.5 Å². The summed E-state index contributed by atoms with van der Waals surface area (Å²) in [6, 6.07) is 0. The average molecular weight is 1170 g/mol. The SMILES string of the molecule is CCCCCCC/C=C\C/C=C\C/C=C\CCCCCCCCCCCCCCCCCCCCC(=O)OC(COC(=O)CCCCCCCCCCCCCCC/C=C\C/C=C\CCCCCCC)COC(OCC[N+](C)(C)C)C(=O)O. The zero-order chi connectivity index (χ0) is 60.5. The van der Waals surface area contributed by atoms with Gasteiger partial charge in [0.25, 0.3) is 6.29 Å². The van der Waals surface area contributed by atoms with Crippen molar-refractivity contribution in [2.45, 2.75) is 347 Å². The van der Waals surface area contributed by atoms with Gasteiger partial charge in [-0.3, -0.25) is 9.59 Å². The predicted molar refractivity (Wildman–Crippen MR) is 355 cm³/mol. The first-order valence-corrected chi connectivity index (χ1v) is 35.5. The fraction of sp³-hybridized carbons (Fsp3) is 0.824. The first-order chi connectivity index (χ1) is 40.6. The summed E-state index contributed by atoms with van der Waals surface area (Å²) in [4.78, 5) is 37.6. The molecule has 0 aromatic rings. The first-order valence-electron chi connectivity index (χ1n) is 35.5. The number of nitrogens with zero attached hydrogens (tertiary/aromatic N) is 1. The van der Waals surface area contributed by atoms with E-state index in [1.165, 1.54) is 250 Å². The molecule has 2 unspecified atom stereocenters. The number of aliphatic carboxylic acids is 1. The van der Waals surface area contributed by atoms with Crippen LogP contribution in [0.4, 0.5) is 0 Å². The molecular formula is C74H136NO8+. The van der Waals surface area contributed by atoms with Gasteiger partial charge in [-0.15, -0.1) is 0 Å². The second-order valence-electron chi connectivity index (χ2n) is 25.2. The summed E-state index contributed by atoms with van der Waals surface area (Å²) in [5.74, 6) is -1.99. The van der Waals surface area contributed by atoms with E-state index in [1.54, 1.807) is 0 Å². The van der Waals surface area contributed by atoms with E-state index in [-0.39, 0.29) is 38.2 Å². The van der Waals surface area contributed by atoms with Crippen LogP contribution in [-0.4, -0.2) is 87.4 Å². The van der Waals surface area contributed by atoms with Gasteiger partial charge >= 0.3 is 17.9 Å². The van der Waals surface area contributed by atoms with Crippen LogP contribution >= 0.6 is 0 Å². The van der Waals surface area contributed by atoms with Crippen LogP contribution in [0.5, 0.6) is 0 Å². The molecule has 0 radical (unpaired) electrons. The molecule has 0 spiro atoms. The first kappa shape index (κ1) is 80.0. The Bertz CT molecular complexity index is 1550. The van der Waals surface area contributed by atoms with Gasteiger partial charge in [-0.25, -0.2) is 4.79 Å². The Labute approximate surface area is 514 Å². The van der Waals surface area contributed by atoms with Crippen molar-refractivity contribution in [1.82, 2.24) is 0 Å². The maximum atomic E-state index is 12.9. The highest BCUT2D eigenvalue weighted by atomic mass is 16.7. The minimum absolute atomic E-state index is 0.180. The second-order valence-corrected chi connectivity index (χ2v) is 25.2. The van der Waals surface area contributed by atoms with E-state index in [0.717, 1.165) is 57.8 Å². The molecule has 0 saturated heterocycles. The summed E-state index contributed by atoms with van der Waals surface area (Å²) in [6.45, 7) is 4.90. The van der Waals surface area contributed by atoms with Gasteiger partial charge in [0, 0.05) is 12.8 Å². The van der Waals surface area contributed by atoms with Crippen LogP contribution in [0, 0.1) is 0 Å². The molecule has 484 valence electrons. The molecular weight excluding hydrogens is 1030 g/mol. The lowest BCUT2D eigenvalue weighted by Crippen LogP contribution is -2.40. The number of quaternary nitrogens is 1. The Kier molecular flexibility index (Phi) is 62.6. The van der Waals surface area contributed by atoms with Crippen LogP contribution in [0.3, 0.4) is 0 Å². The smallest absolute Gasteiger partial charge is 0.361 e. The summed E-state index contributed by atoms with van der Waals surface area (Å²) in [5, 5.41) is 9.75. The standard InChI is InChI=1S/C74H135NO8/c1-6-8-10-12-14-16-18-20-22-24-26-28-30-32-33-34-35-36-37-38-39-41-43-45-47-49-51-53-55-57-59-61-63-65-72(77)83-70(69-82-74(73(78)79)80-67-66-75(3,4)5)68-81-71(76)64-62-60-58-56-54-52-50-48-46-44-42-40-31-29-27-25-23-21-19-17-15-13-11-9-7-2/h18-21,24-27,30,32,70,74H,6-17,22-23,28-29,31,33-69H2,1-5H3/p+1/b20-18-,21-19-,26-24-,27-25-,32-30-. The van der Waals surface area contributed by atoms with Gasteiger partial charge in [0.05, 0.1) is 34.4 Å². The molecule has 0 rings (SSSR count). The van der Waals surface area contributed by atoms with Crippen LogP contribution in [-0.2, 0) is 33.3 Å². The Morgan fingerprint density at radius 1 is 0.361 bits per heavy atom. The summed E-state index contributed by atoms with van der Waals surface area (Å²) in [5.41, 5.74) is 0. The van der Waals surface area contributed by atoms with E-state index >= 15 is 0 Å². The van der Waals surface area contributed by atoms with Gasteiger partial charge in [-0.1, -0.05) is 299 Å². The molecule has 0 aliphatic carbocycles. The number of ether oxygens (including phenoxy) is 4. The quantitative estimate of drug-likeness (QED) is 0.0211. The maximum absolute atomic E-state index is 12.9. The lowest BCUT2D eigenvalue weighted by Gasteiger charge is -2.25. The third-order valence-electron chi connectivity index (χ3n) is 15.7. The topological polar surface area (TPSA) is 108 Å². The molecule has 1 N–H and O–H groups in total. The molecule has 0 heterocycles. The molecule has 0 aromatic heterocycles. The lowest BCUT2D eigenvalue weighted by atomic mass is 10.0. The number of esters is 2. The van der Waals surface area contributed by atoms with Gasteiger partial charge in [-0.2, -0.15) is 0 Å². The molecule has 0 aliphatic heterocycles. The maximum Gasteiger partial charge on any atom is 0.361 e. The summed E-state index contributed by atoms with van der Waals surface area (Å²) in [7, 11) is 5.99. The number of likely N-dealkylation sites (N-methyl/N-ethyl adjacent to an activating group) is 1. The number of rotatable bonds is 66. The van der Waals surface area contributed by atoms with Gasteiger partial charge in [0.15, 0.2) is 6.10 Å². The van der Waals surface area contributed by atoms with Gasteiger partial charge in [0.1, 0.15) is 13.2 Å². The van der Waals surface area contributed by atoms with Crippen LogP contribution < -0.4 is 0 Å². The average Bonchev–Trinajstić information content (AvgIpc) is 3.46. The summed E-state index contributed by atoms with van der Waals surface area (Å²) < 4.78 is 23.0. The third-order valence-corrected chi connectivity index (χ3v) is 15.7. The predicted octanol–water partition coefficient (Wildman–Crippen LogP) is 21.9. The number of hydrogen-bond donors (Lipinski definition) is 1. The van der Waals surface area contributed by atoms with Crippen molar-refractivity contribution in [3.63, 3.8) is 0 Å². The number of carbonyl (C=O) groups is 3. The number of carboxylic acids is 1. The van der Waals surface area contributed by atoms with E-state index in [1.807, 2.05) is 21.1 Å². The lowest BCUT2D eigenvalue weighted by molar-refractivity contribution is -0.870.